The van der Waals surface area contributed by atoms with Gasteiger partial charge in [-0.3, -0.25) is 4.90 Å². The monoisotopic (exact) mass is 455 g/mol. The summed E-state index contributed by atoms with van der Waals surface area (Å²) in [5, 5.41) is 0. The summed E-state index contributed by atoms with van der Waals surface area (Å²) < 4.78 is 34.9. The number of aryl methyl sites for hydroxylation is 2. The van der Waals surface area contributed by atoms with Crippen LogP contribution in [0.15, 0.2) is 41.3 Å². The van der Waals surface area contributed by atoms with Gasteiger partial charge in [-0.05, 0) is 72.6 Å². The highest BCUT2D eigenvalue weighted by molar-refractivity contribution is 7.89. The smallest absolute Gasteiger partial charge is 0.240 e. The largest absolute Gasteiger partial charge is 0.379 e. The number of nitrogens with zero attached hydrogens (tertiary/aromatic N) is 2. The summed E-state index contributed by atoms with van der Waals surface area (Å²) in [6.45, 7) is 4.37. The van der Waals surface area contributed by atoms with Gasteiger partial charge in [0, 0.05) is 45.0 Å². The highest BCUT2D eigenvalue weighted by Crippen LogP contribution is 2.32. The van der Waals surface area contributed by atoms with Crippen LogP contribution in [-0.4, -0.2) is 59.8 Å². The number of morpholine rings is 1. The molecular formula is C25H33N3O3S. The third-order valence-electron chi connectivity index (χ3n) is 7.20. The fraction of sp³-hybridized carbons (Fsp3) is 0.520. The molecule has 2 heterocycles. The van der Waals surface area contributed by atoms with Gasteiger partial charge in [-0.1, -0.05) is 18.2 Å². The summed E-state index contributed by atoms with van der Waals surface area (Å²) in [6.07, 6.45) is 5.39. The molecule has 2 aliphatic heterocycles. The molecule has 0 spiro atoms. The number of rotatable bonds is 6. The van der Waals surface area contributed by atoms with Gasteiger partial charge in [-0.2, -0.15) is 0 Å². The number of hydrogen-bond acceptors (Lipinski definition) is 5. The highest BCUT2D eigenvalue weighted by Gasteiger charge is 2.27. The van der Waals surface area contributed by atoms with Crippen molar-refractivity contribution in [2.24, 2.45) is 0 Å². The van der Waals surface area contributed by atoms with Gasteiger partial charge in [0.25, 0.3) is 0 Å². The van der Waals surface area contributed by atoms with E-state index in [0.717, 1.165) is 45.3 Å². The molecule has 0 amide bonds. The molecule has 0 radical (unpaired) electrons. The molecule has 1 atom stereocenters. The minimum Gasteiger partial charge on any atom is -0.379 e. The minimum absolute atomic E-state index is 0.0116. The highest BCUT2D eigenvalue weighted by atomic mass is 32.2. The Morgan fingerprint density at radius 1 is 0.938 bits per heavy atom. The fourth-order valence-corrected chi connectivity index (χ4v) is 6.38. The Labute approximate surface area is 191 Å². The van der Waals surface area contributed by atoms with E-state index >= 15 is 0 Å². The van der Waals surface area contributed by atoms with E-state index in [1.165, 1.54) is 34.4 Å². The first-order valence-electron chi connectivity index (χ1n) is 11.8. The lowest BCUT2D eigenvalue weighted by Crippen LogP contribution is -2.43. The second-order valence-corrected chi connectivity index (χ2v) is 11.0. The molecule has 3 aliphatic rings. The number of nitrogens with one attached hydrogen (secondary N) is 1. The Hall–Kier alpha value is -1.93. The predicted octanol–water partition coefficient (Wildman–Crippen LogP) is 2.91. The van der Waals surface area contributed by atoms with Crippen LogP contribution in [0.25, 0.3) is 0 Å². The lowest BCUT2D eigenvalue weighted by Gasteiger charge is -2.35. The van der Waals surface area contributed by atoms with Gasteiger partial charge in [0.15, 0.2) is 0 Å². The Morgan fingerprint density at radius 2 is 1.72 bits per heavy atom. The average Bonchev–Trinajstić information content (AvgIpc) is 3.19. The van der Waals surface area contributed by atoms with Crippen LogP contribution in [0.2, 0.25) is 0 Å². The molecule has 2 aromatic carbocycles. The number of fused-ring (bicyclic) bond motifs is 2. The van der Waals surface area contributed by atoms with Gasteiger partial charge in [0.1, 0.15) is 0 Å². The fourth-order valence-electron chi connectivity index (χ4n) is 5.29. The van der Waals surface area contributed by atoms with Crippen molar-refractivity contribution in [2.75, 3.05) is 51.3 Å². The first-order chi connectivity index (χ1) is 15.5. The number of ether oxygens (including phenoxy) is 1. The topological polar surface area (TPSA) is 61.9 Å². The van der Waals surface area contributed by atoms with Crippen LogP contribution in [0, 0.1) is 0 Å². The Kier molecular flexibility index (Phi) is 6.25. The molecule has 0 bridgehead atoms. The zero-order chi connectivity index (χ0) is 22.1. The van der Waals surface area contributed by atoms with Crippen molar-refractivity contribution in [1.29, 1.82) is 0 Å². The maximum atomic E-state index is 13.2. The van der Waals surface area contributed by atoms with E-state index in [1.807, 2.05) is 12.1 Å². The van der Waals surface area contributed by atoms with E-state index in [9.17, 15) is 8.42 Å². The number of likely N-dealkylation sites (N-methyl/N-ethyl adjacent to an activating group) is 1. The zero-order valence-corrected chi connectivity index (χ0v) is 19.7. The molecule has 172 valence electrons. The van der Waals surface area contributed by atoms with Gasteiger partial charge < -0.3 is 9.64 Å². The van der Waals surface area contributed by atoms with Crippen molar-refractivity contribution in [2.45, 2.75) is 43.0 Å². The number of sulfonamides is 1. The second-order valence-electron chi connectivity index (χ2n) is 9.21. The SMILES string of the molecule is CN1CCc2cc(C(CNS(=O)(=O)c3ccc4c(c3)CCCC4)N3CCOCC3)ccc21. The standard InChI is InChI=1S/C25H33N3O3S/c1-27-11-10-22-16-21(7-9-24(22)27)25(28-12-14-31-15-13-28)18-26-32(29,30)23-8-6-19-4-2-3-5-20(19)17-23/h6-9,16-17,25-26H,2-5,10-15,18H2,1H3. The minimum atomic E-state index is -3.57. The van der Waals surface area contributed by atoms with E-state index in [0.29, 0.717) is 24.7 Å². The quantitative estimate of drug-likeness (QED) is 0.726. The molecule has 32 heavy (non-hydrogen) atoms. The lowest BCUT2D eigenvalue weighted by molar-refractivity contribution is 0.0172. The van der Waals surface area contributed by atoms with Gasteiger partial charge in [0.2, 0.25) is 10.0 Å². The molecule has 1 N–H and O–H groups in total. The van der Waals surface area contributed by atoms with Crippen molar-refractivity contribution in [3.8, 4) is 0 Å². The summed E-state index contributed by atoms with van der Waals surface area (Å²) in [5.74, 6) is 0. The molecule has 5 rings (SSSR count). The van der Waals surface area contributed by atoms with E-state index < -0.39 is 10.0 Å². The average molecular weight is 456 g/mol. The molecule has 1 unspecified atom stereocenters. The third-order valence-corrected chi connectivity index (χ3v) is 8.62. The van der Waals surface area contributed by atoms with Crippen LogP contribution in [0.4, 0.5) is 5.69 Å². The molecular weight excluding hydrogens is 422 g/mol. The third kappa shape index (κ3) is 4.44. The summed E-state index contributed by atoms with van der Waals surface area (Å²) in [7, 11) is -1.45. The van der Waals surface area contributed by atoms with Gasteiger partial charge >= 0.3 is 0 Å². The van der Waals surface area contributed by atoms with Crippen LogP contribution in [0.5, 0.6) is 0 Å². The predicted molar refractivity (Wildman–Crippen MR) is 127 cm³/mol. The molecule has 1 aliphatic carbocycles. The number of anilines is 1. The zero-order valence-electron chi connectivity index (χ0n) is 18.8. The van der Waals surface area contributed by atoms with E-state index in [2.05, 4.69) is 39.8 Å². The number of hydrogen-bond donors (Lipinski definition) is 1. The Bertz CT molecular complexity index is 1080. The summed E-state index contributed by atoms with van der Waals surface area (Å²) in [4.78, 5) is 5.01. The summed E-state index contributed by atoms with van der Waals surface area (Å²) >= 11 is 0. The van der Waals surface area contributed by atoms with Crippen LogP contribution < -0.4 is 9.62 Å². The maximum Gasteiger partial charge on any atom is 0.240 e. The molecule has 7 heteroatoms. The lowest BCUT2D eigenvalue weighted by atomic mass is 9.92. The van der Waals surface area contributed by atoms with Crippen LogP contribution in [0.1, 0.15) is 41.1 Å². The van der Waals surface area contributed by atoms with Crippen LogP contribution in [-0.2, 0) is 34.0 Å². The van der Waals surface area contributed by atoms with Crippen molar-refractivity contribution in [3.05, 3.63) is 58.7 Å². The van der Waals surface area contributed by atoms with Crippen molar-refractivity contribution < 1.29 is 13.2 Å². The first kappa shape index (κ1) is 21.9. The van der Waals surface area contributed by atoms with Crippen LogP contribution in [0.3, 0.4) is 0 Å². The Balaban J connectivity index is 1.38. The number of benzene rings is 2. The molecule has 6 nitrogen and oxygen atoms in total. The molecule has 1 fully saturated rings. The Morgan fingerprint density at radius 3 is 2.53 bits per heavy atom. The van der Waals surface area contributed by atoms with Crippen molar-refractivity contribution >= 4 is 15.7 Å². The first-order valence-corrected chi connectivity index (χ1v) is 13.3. The summed E-state index contributed by atoms with van der Waals surface area (Å²) in [6, 6.07) is 12.2. The summed E-state index contributed by atoms with van der Waals surface area (Å²) in [5.41, 5.74) is 6.29. The van der Waals surface area contributed by atoms with E-state index in [1.54, 1.807) is 6.07 Å². The van der Waals surface area contributed by atoms with Gasteiger partial charge in [0.05, 0.1) is 18.1 Å². The maximum absolute atomic E-state index is 13.2. The second kappa shape index (κ2) is 9.14. The van der Waals surface area contributed by atoms with Crippen LogP contribution >= 0.6 is 0 Å². The van der Waals surface area contributed by atoms with Crippen molar-refractivity contribution in [1.82, 2.24) is 9.62 Å². The molecule has 2 aromatic rings. The molecule has 0 aromatic heterocycles. The molecule has 0 saturated carbocycles. The van der Waals surface area contributed by atoms with E-state index in [-0.39, 0.29) is 6.04 Å². The van der Waals surface area contributed by atoms with Gasteiger partial charge in [-0.15, -0.1) is 0 Å². The molecule has 1 saturated heterocycles. The van der Waals surface area contributed by atoms with Crippen molar-refractivity contribution in [3.63, 3.8) is 0 Å². The van der Waals surface area contributed by atoms with E-state index in [4.69, 9.17) is 4.74 Å². The van der Waals surface area contributed by atoms with Gasteiger partial charge in [-0.25, -0.2) is 13.1 Å². The normalized spacial score (nSPS) is 20.1.